The SMILES string of the molecule is CCc1nc(C2CCCN(c3ccc(C(=O)NC)nn3)C2)no1. The Balaban J connectivity index is 1.71. The van der Waals surface area contributed by atoms with Crippen molar-refractivity contribution in [2.45, 2.75) is 32.1 Å². The van der Waals surface area contributed by atoms with Gasteiger partial charge in [-0.15, -0.1) is 10.2 Å². The highest BCUT2D eigenvalue weighted by Crippen LogP contribution is 2.27. The molecule has 0 radical (unpaired) electrons. The molecule has 23 heavy (non-hydrogen) atoms. The lowest BCUT2D eigenvalue weighted by molar-refractivity contribution is 0.0957. The number of amides is 1. The third-order valence-electron chi connectivity index (χ3n) is 4.01. The zero-order valence-corrected chi connectivity index (χ0v) is 13.3. The van der Waals surface area contributed by atoms with Crippen molar-refractivity contribution < 1.29 is 9.32 Å². The summed E-state index contributed by atoms with van der Waals surface area (Å²) in [6, 6.07) is 3.52. The van der Waals surface area contributed by atoms with Gasteiger partial charge in [-0.2, -0.15) is 4.98 Å². The molecule has 8 nitrogen and oxygen atoms in total. The lowest BCUT2D eigenvalue weighted by Crippen LogP contribution is -2.35. The summed E-state index contributed by atoms with van der Waals surface area (Å²) in [5.41, 5.74) is 0.315. The standard InChI is InChI=1S/C15H20N6O2/c1-3-13-17-14(20-23-13)10-5-4-8-21(9-10)12-7-6-11(18-19-12)15(22)16-2/h6-7,10H,3-5,8-9H2,1-2H3,(H,16,22). The number of piperidine rings is 1. The Hall–Kier alpha value is -2.51. The van der Waals surface area contributed by atoms with Crippen molar-refractivity contribution >= 4 is 11.7 Å². The van der Waals surface area contributed by atoms with Gasteiger partial charge in [0.2, 0.25) is 5.89 Å². The van der Waals surface area contributed by atoms with Crippen LogP contribution in [0.15, 0.2) is 16.7 Å². The van der Waals surface area contributed by atoms with Crippen LogP contribution in [-0.4, -0.2) is 46.4 Å². The number of nitrogens with zero attached hydrogens (tertiary/aromatic N) is 5. The Bertz CT molecular complexity index is 669. The lowest BCUT2D eigenvalue weighted by Gasteiger charge is -2.31. The Labute approximate surface area is 134 Å². The van der Waals surface area contributed by atoms with Crippen molar-refractivity contribution in [1.29, 1.82) is 0 Å². The number of hydrogen-bond acceptors (Lipinski definition) is 7. The van der Waals surface area contributed by atoms with Crippen LogP contribution in [0.1, 0.15) is 47.9 Å². The normalized spacial score (nSPS) is 18.0. The van der Waals surface area contributed by atoms with E-state index in [9.17, 15) is 4.79 Å². The third kappa shape index (κ3) is 3.30. The van der Waals surface area contributed by atoms with Gasteiger partial charge in [0.05, 0.1) is 0 Å². The van der Waals surface area contributed by atoms with E-state index in [2.05, 4.69) is 30.6 Å². The highest BCUT2D eigenvalue weighted by Gasteiger charge is 2.26. The van der Waals surface area contributed by atoms with Crippen LogP contribution in [0.5, 0.6) is 0 Å². The number of aryl methyl sites for hydroxylation is 1. The summed E-state index contributed by atoms with van der Waals surface area (Å²) < 4.78 is 5.21. The van der Waals surface area contributed by atoms with Gasteiger partial charge in [-0.1, -0.05) is 12.1 Å². The Morgan fingerprint density at radius 1 is 1.43 bits per heavy atom. The topological polar surface area (TPSA) is 97.0 Å². The molecule has 2 aromatic heterocycles. The molecule has 1 N–H and O–H groups in total. The fraction of sp³-hybridized carbons (Fsp3) is 0.533. The van der Waals surface area contributed by atoms with E-state index in [1.165, 1.54) is 0 Å². The predicted octanol–water partition coefficient (Wildman–Crippen LogP) is 1.17. The first kappa shape index (κ1) is 15.4. The van der Waals surface area contributed by atoms with Crippen molar-refractivity contribution in [3.8, 4) is 0 Å². The second-order valence-corrected chi connectivity index (χ2v) is 5.54. The van der Waals surface area contributed by atoms with Crippen LogP contribution in [0.3, 0.4) is 0 Å². The molecule has 8 heteroatoms. The maximum Gasteiger partial charge on any atom is 0.271 e. The van der Waals surface area contributed by atoms with E-state index < -0.39 is 0 Å². The third-order valence-corrected chi connectivity index (χ3v) is 4.01. The zero-order valence-electron chi connectivity index (χ0n) is 13.3. The minimum absolute atomic E-state index is 0.230. The minimum atomic E-state index is -0.237. The number of hydrogen-bond donors (Lipinski definition) is 1. The Morgan fingerprint density at radius 3 is 2.96 bits per heavy atom. The number of rotatable bonds is 4. The van der Waals surface area contributed by atoms with Crippen LogP contribution in [0.4, 0.5) is 5.82 Å². The van der Waals surface area contributed by atoms with Crippen molar-refractivity contribution in [1.82, 2.24) is 25.7 Å². The van der Waals surface area contributed by atoms with Crippen molar-refractivity contribution in [3.63, 3.8) is 0 Å². The monoisotopic (exact) mass is 316 g/mol. The molecular weight excluding hydrogens is 296 g/mol. The van der Waals surface area contributed by atoms with Crippen LogP contribution in [0.2, 0.25) is 0 Å². The molecule has 122 valence electrons. The molecule has 1 unspecified atom stereocenters. The fourth-order valence-electron chi connectivity index (χ4n) is 2.72. The van der Waals surface area contributed by atoms with Gasteiger partial charge in [0.15, 0.2) is 17.3 Å². The van der Waals surface area contributed by atoms with Gasteiger partial charge in [-0.05, 0) is 25.0 Å². The summed E-state index contributed by atoms with van der Waals surface area (Å²) in [6.07, 6.45) is 2.80. The molecule has 1 amide bonds. The van der Waals surface area contributed by atoms with Gasteiger partial charge >= 0.3 is 0 Å². The molecule has 1 aliphatic rings. The number of carbonyl (C=O) groups is 1. The first-order valence-electron chi connectivity index (χ1n) is 7.84. The van der Waals surface area contributed by atoms with E-state index in [1.54, 1.807) is 13.1 Å². The predicted molar refractivity (Wildman–Crippen MR) is 83.3 cm³/mol. The molecule has 0 bridgehead atoms. The smallest absolute Gasteiger partial charge is 0.271 e. The molecule has 1 aliphatic heterocycles. The Morgan fingerprint density at radius 2 is 2.30 bits per heavy atom. The van der Waals surface area contributed by atoms with Crippen LogP contribution in [0, 0.1) is 0 Å². The number of carbonyl (C=O) groups excluding carboxylic acids is 1. The first-order chi connectivity index (χ1) is 11.2. The maximum atomic E-state index is 11.5. The van der Waals surface area contributed by atoms with Gasteiger partial charge in [0.25, 0.3) is 5.91 Å². The number of anilines is 1. The molecule has 0 aliphatic carbocycles. The summed E-state index contributed by atoms with van der Waals surface area (Å²) in [5.74, 6) is 2.20. The van der Waals surface area contributed by atoms with Gasteiger partial charge < -0.3 is 14.7 Å². The van der Waals surface area contributed by atoms with Gasteiger partial charge in [0.1, 0.15) is 0 Å². The van der Waals surface area contributed by atoms with Crippen LogP contribution in [0.25, 0.3) is 0 Å². The number of nitrogens with one attached hydrogen (secondary N) is 1. The van der Waals surface area contributed by atoms with Crippen molar-refractivity contribution in [2.75, 3.05) is 25.0 Å². The summed E-state index contributed by atoms with van der Waals surface area (Å²) >= 11 is 0. The molecule has 2 aromatic rings. The molecule has 0 spiro atoms. The average molecular weight is 316 g/mol. The van der Waals surface area contributed by atoms with E-state index >= 15 is 0 Å². The van der Waals surface area contributed by atoms with E-state index in [1.807, 2.05) is 13.0 Å². The molecule has 1 atom stereocenters. The van der Waals surface area contributed by atoms with Gasteiger partial charge in [-0.3, -0.25) is 4.79 Å². The largest absolute Gasteiger partial charge is 0.354 e. The van der Waals surface area contributed by atoms with Crippen LogP contribution >= 0.6 is 0 Å². The second-order valence-electron chi connectivity index (χ2n) is 5.54. The summed E-state index contributed by atoms with van der Waals surface area (Å²) in [7, 11) is 1.57. The summed E-state index contributed by atoms with van der Waals surface area (Å²) in [4.78, 5) is 18.1. The van der Waals surface area contributed by atoms with Crippen LogP contribution in [-0.2, 0) is 6.42 Å². The summed E-state index contributed by atoms with van der Waals surface area (Å²) in [6.45, 7) is 3.67. The lowest BCUT2D eigenvalue weighted by atomic mass is 9.97. The molecule has 0 saturated carbocycles. The van der Waals surface area contributed by atoms with Crippen molar-refractivity contribution in [2.24, 2.45) is 0 Å². The van der Waals surface area contributed by atoms with Gasteiger partial charge in [0, 0.05) is 32.5 Å². The highest BCUT2D eigenvalue weighted by molar-refractivity contribution is 5.91. The zero-order chi connectivity index (χ0) is 16.2. The quantitative estimate of drug-likeness (QED) is 0.904. The first-order valence-corrected chi connectivity index (χ1v) is 7.84. The minimum Gasteiger partial charge on any atom is -0.354 e. The molecule has 0 aromatic carbocycles. The highest BCUT2D eigenvalue weighted by atomic mass is 16.5. The Kier molecular flexibility index (Phi) is 4.50. The molecule has 1 saturated heterocycles. The van der Waals surface area contributed by atoms with E-state index in [0.29, 0.717) is 11.6 Å². The van der Waals surface area contributed by atoms with E-state index in [4.69, 9.17) is 4.52 Å². The van der Waals surface area contributed by atoms with Crippen molar-refractivity contribution in [3.05, 3.63) is 29.5 Å². The average Bonchev–Trinajstić information content (AvgIpc) is 3.10. The van der Waals surface area contributed by atoms with Gasteiger partial charge in [-0.25, -0.2) is 0 Å². The summed E-state index contributed by atoms with van der Waals surface area (Å²) in [5, 5.41) is 14.8. The molecule has 1 fully saturated rings. The number of aromatic nitrogens is 4. The molecule has 3 heterocycles. The van der Waals surface area contributed by atoms with E-state index in [0.717, 1.165) is 44.0 Å². The van der Waals surface area contributed by atoms with Crippen LogP contribution < -0.4 is 10.2 Å². The van der Waals surface area contributed by atoms with E-state index in [-0.39, 0.29) is 11.8 Å². The fourth-order valence-corrected chi connectivity index (χ4v) is 2.72. The molecular formula is C15H20N6O2. The molecule has 3 rings (SSSR count). The maximum absolute atomic E-state index is 11.5. The second kappa shape index (κ2) is 6.72.